The first kappa shape index (κ1) is 20.8. The van der Waals surface area contributed by atoms with Crippen molar-refractivity contribution >= 4 is 56.0 Å². The molecule has 0 aliphatic carbocycles. The van der Waals surface area contributed by atoms with Crippen molar-refractivity contribution in [2.45, 2.75) is 31.7 Å². The largest absolute Gasteiger partial charge is 0.465 e. The Morgan fingerprint density at radius 1 is 1.39 bits per heavy atom. The number of sulfone groups is 1. The van der Waals surface area contributed by atoms with Gasteiger partial charge < -0.3 is 9.73 Å². The zero-order valence-electron chi connectivity index (χ0n) is 15.0. The molecule has 28 heavy (non-hydrogen) atoms. The number of unbranched alkanes of at least 4 members (excludes halogenated alkanes) is 2. The minimum absolute atomic E-state index is 0.0707. The van der Waals surface area contributed by atoms with E-state index in [1.165, 1.54) is 17.8 Å². The van der Waals surface area contributed by atoms with Gasteiger partial charge in [-0.1, -0.05) is 30.4 Å². The van der Waals surface area contributed by atoms with Crippen LogP contribution in [0.15, 0.2) is 39.2 Å². The molecule has 0 aromatic carbocycles. The van der Waals surface area contributed by atoms with Crippen molar-refractivity contribution in [3.63, 3.8) is 0 Å². The van der Waals surface area contributed by atoms with Crippen LogP contribution in [0.2, 0.25) is 0 Å². The molecule has 0 saturated carbocycles. The van der Waals surface area contributed by atoms with Gasteiger partial charge in [-0.25, -0.2) is 8.42 Å². The van der Waals surface area contributed by atoms with E-state index in [-0.39, 0.29) is 17.6 Å². The number of hydrogen-bond acceptors (Lipinski definition) is 7. The number of rotatable bonds is 8. The molecular weight excluding hydrogens is 420 g/mol. The third-order valence-electron chi connectivity index (χ3n) is 4.25. The lowest BCUT2D eigenvalue weighted by molar-refractivity contribution is -0.123. The van der Waals surface area contributed by atoms with E-state index in [9.17, 15) is 18.0 Å². The van der Waals surface area contributed by atoms with Crippen LogP contribution in [0.3, 0.4) is 0 Å². The maximum Gasteiger partial charge on any atom is 0.266 e. The van der Waals surface area contributed by atoms with Crippen molar-refractivity contribution in [3.8, 4) is 0 Å². The molecule has 0 radical (unpaired) electrons. The van der Waals surface area contributed by atoms with Gasteiger partial charge in [0, 0.05) is 24.4 Å². The number of hydrogen-bond donors (Lipinski definition) is 1. The van der Waals surface area contributed by atoms with Crippen LogP contribution in [-0.2, 0) is 19.4 Å². The van der Waals surface area contributed by atoms with E-state index < -0.39 is 15.9 Å². The Bertz CT molecular complexity index is 919. The van der Waals surface area contributed by atoms with E-state index in [4.69, 9.17) is 16.6 Å². The van der Waals surface area contributed by atoms with Crippen molar-refractivity contribution in [1.82, 2.24) is 10.2 Å². The van der Waals surface area contributed by atoms with Crippen molar-refractivity contribution < 1.29 is 22.4 Å². The zero-order valence-corrected chi connectivity index (χ0v) is 17.4. The summed E-state index contributed by atoms with van der Waals surface area (Å²) in [5.41, 5.74) is 0. The fraction of sp³-hybridized carbons (Fsp3) is 0.389. The number of thioether (sulfide) groups is 1. The fourth-order valence-corrected chi connectivity index (χ4v) is 5.40. The Balaban J connectivity index is 1.36. The molecule has 1 atom stereocenters. The number of carbonyl (C=O) groups excluding carboxylic acids is 2. The van der Waals surface area contributed by atoms with Crippen molar-refractivity contribution in [3.05, 3.63) is 40.5 Å². The van der Waals surface area contributed by atoms with E-state index in [2.05, 4.69) is 5.32 Å². The Morgan fingerprint density at radius 3 is 2.89 bits per heavy atom. The average molecular weight is 441 g/mol. The molecule has 1 aromatic heterocycles. The minimum atomic E-state index is -3.17. The van der Waals surface area contributed by atoms with Gasteiger partial charge in [0.2, 0.25) is 5.91 Å². The first-order valence-electron chi connectivity index (χ1n) is 8.83. The summed E-state index contributed by atoms with van der Waals surface area (Å²) in [5, 5.41) is 3.84. The average Bonchev–Trinajstić information content (AvgIpc) is 3.31. The van der Waals surface area contributed by atoms with E-state index in [1.54, 1.807) is 29.4 Å². The predicted octanol–water partition coefficient (Wildman–Crippen LogP) is 2.47. The Labute approximate surface area is 173 Å². The zero-order chi connectivity index (χ0) is 20.1. The van der Waals surface area contributed by atoms with Gasteiger partial charge in [-0.3, -0.25) is 14.5 Å². The summed E-state index contributed by atoms with van der Waals surface area (Å²) < 4.78 is 28.4. The molecule has 1 N–H and O–H groups in total. The summed E-state index contributed by atoms with van der Waals surface area (Å²) in [4.78, 5) is 26.4. The number of thiocarbonyl (C=S) groups is 1. The summed E-state index contributed by atoms with van der Waals surface area (Å²) >= 11 is 6.54. The summed E-state index contributed by atoms with van der Waals surface area (Å²) in [6.45, 7) is 0.505. The summed E-state index contributed by atoms with van der Waals surface area (Å²) in [6, 6.07) is 3.09. The predicted molar refractivity (Wildman–Crippen MR) is 112 cm³/mol. The van der Waals surface area contributed by atoms with Crippen LogP contribution in [0.5, 0.6) is 0 Å². The second-order valence-electron chi connectivity index (χ2n) is 6.49. The lowest BCUT2D eigenvalue weighted by atomic mass is 10.1. The normalized spacial score (nSPS) is 22.4. The van der Waals surface area contributed by atoms with Crippen LogP contribution < -0.4 is 5.32 Å². The maximum absolute atomic E-state index is 12.4. The van der Waals surface area contributed by atoms with Gasteiger partial charge >= 0.3 is 0 Å². The lowest BCUT2D eigenvalue weighted by Crippen LogP contribution is -2.35. The van der Waals surface area contributed by atoms with Gasteiger partial charge in [0.25, 0.3) is 5.91 Å². The Hall–Kier alpha value is -1.91. The van der Waals surface area contributed by atoms with Gasteiger partial charge in [-0.05, 0) is 31.1 Å². The van der Waals surface area contributed by atoms with E-state index in [1.807, 2.05) is 0 Å². The first-order chi connectivity index (χ1) is 13.3. The van der Waals surface area contributed by atoms with Gasteiger partial charge in [0.1, 0.15) is 10.1 Å². The van der Waals surface area contributed by atoms with E-state index in [0.717, 1.165) is 18.2 Å². The second kappa shape index (κ2) is 9.06. The van der Waals surface area contributed by atoms with Gasteiger partial charge in [0.05, 0.1) is 23.0 Å². The highest BCUT2D eigenvalue weighted by atomic mass is 32.2. The molecule has 2 aliphatic rings. The summed E-state index contributed by atoms with van der Waals surface area (Å²) in [7, 11) is -3.17. The van der Waals surface area contributed by atoms with E-state index >= 15 is 0 Å². The molecule has 2 aliphatic heterocycles. The van der Waals surface area contributed by atoms with Crippen LogP contribution in [-0.4, -0.2) is 47.8 Å². The quantitative estimate of drug-likeness (QED) is 0.377. The van der Waals surface area contributed by atoms with Gasteiger partial charge in [0.15, 0.2) is 9.84 Å². The Morgan fingerprint density at radius 2 is 2.21 bits per heavy atom. The number of nitrogens with one attached hydrogen (secondary N) is 1. The molecule has 7 nitrogen and oxygen atoms in total. The van der Waals surface area contributed by atoms with Crippen LogP contribution in [0.25, 0.3) is 6.08 Å². The smallest absolute Gasteiger partial charge is 0.266 e. The van der Waals surface area contributed by atoms with Crippen molar-refractivity contribution in [1.29, 1.82) is 0 Å². The first-order valence-corrected chi connectivity index (χ1v) is 11.8. The van der Waals surface area contributed by atoms with E-state index in [0.29, 0.717) is 34.4 Å². The fourth-order valence-electron chi connectivity index (χ4n) is 2.87. The maximum atomic E-state index is 12.4. The summed E-state index contributed by atoms with van der Waals surface area (Å²) in [6.07, 6.45) is 7.20. The van der Waals surface area contributed by atoms with Crippen molar-refractivity contribution in [2.24, 2.45) is 0 Å². The number of furan rings is 1. The van der Waals surface area contributed by atoms with Crippen molar-refractivity contribution in [2.75, 3.05) is 12.3 Å². The van der Waals surface area contributed by atoms with Gasteiger partial charge in [-0.15, -0.1) is 0 Å². The monoisotopic (exact) mass is 440 g/mol. The van der Waals surface area contributed by atoms with Crippen LogP contribution in [0, 0.1) is 0 Å². The molecule has 0 bridgehead atoms. The van der Waals surface area contributed by atoms with Crippen LogP contribution in [0.4, 0.5) is 0 Å². The lowest BCUT2D eigenvalue weighted by Gasteiger charge is -2.14. The molecule has 1 fully saturated rings. The molecule has 1 aromatic rings. The molecule has 2 amide bonds. The number of amides is 2. The molecule has 3 heterocycles. The highest BCUT2D eigenvalue weighted by Crippen LogP contribution is 2.32. The SMILES string of the molecule is O=C(CCCCCN1C(=O)/C(=C/c2ccco2)SC1=S)NC1C=CS(=O)(=O)C1. The molecular formula is C18H20N2O5S3. The second-order valence-corrected chi connectivity index (χ2v) is 10.1. The third kappa shape index (κ3) is 5.55. The van der Waals surface area contributed by atoms with Crippen LogP contribution in [0.1, 0.15) is 31.4 Å². The standard InChI is InChI=1S/C18H20N2O5S3/c21-16(19-13-7-10-28(23,24)12-13)6-2-1-3-8-20-17(22)15(27-18(20)26)11-14-5-4-9-25-14/h4-5,7,9-11,13H,1-3,6,8,12H2,(H,19,21)/b15-11-. The molecule has 0 spiro atoms. The number of carbonyl (C=O) groups is 2. The van der Waals surface area contributed by atoms with Gasteiger partial charge in [-0.2, -0.15) is 0 Å². The number of nitrogens with zero attached hydrogens (tertiary/aromatic N) is 1. The Kier molecular flexibility index (Phi) is 6.73. The molecule has 10 heteroatoms. The third-order valence-corrected chi connectivity index (χ3v) is 7.03. The minimum Gasteiger partial charge on any atom is -0.465 e. The highest BCUT2D eigenvalue weighted by molar-refractivity contribution is 8.26. The molecule has 1 unspecified atom stereocenters. The molecule has 3 rings (SSSR count). The highest BCUT2D eigenvalue weighted by Gasteiger charge is 2.31. The summed E-state index contributed by atoms with van der Waals surface area (Å²) in [5.74, 6) is 0.243. The topological polar surface area (TPSA) is 96.7 Å². The molecule has 150 valence electrons. The van der Waals surface area contributed by atoms with Crippen LogP contribution >= 0.6 is 24.0 Å². The molecule has 1 saturated heterocycles.